The number of hydrogen-bond donors (Lipinski definition) is 1. The zero-order chi connectivity index (χ0) is 25.8. The normalized spacial score (nSPS) is 18.9. The summed E-state index contributed by atoms with van der Waals surface area (Å²) in [4.78, 5) is 21.8. The summed E-state index contributed by atoms with van der Waals surface area (Å²) < 4.78 is 33.0. The van der Waals surface area contributed by atoms with Gasteiger partial charge in [-0.05, 0) is 55.4 Å². The molecule has 8 heteroatoms. The van der Waals surface area contributed by atoms with Crippen molar-refractivity contribution in [2.24, 2.45) is 5.92 Å². The molecule has 0 saturated carbocycles. The lowest BCUT2D eigenvalue weighted by molar-refractivity contribution is 0.0325. The molecular formula is C28H31F2N3O3. The molecule has 0 saturated heterocycles. The number of aromatic nitrogens is 1. The van der Waals surface area contributed by atoms with Crippen molar-refractivity contribution in [1.82, 2.24) is 14.8 Å². The summed E-state index contributed by atoms with van der Waals surface area (Å²) in [7, 11) is 1.96. The van der Waals surface area contributed by atoms with E-state index in [9.17, 15) is 18.7 Å². The van der Waals surface area contributed by atoms with Crippen LogP contribution in [-0.2, 0) is 6.54 Å². The number of amides is 1. The van der Waals surface area contributed by atoms with Gasteiger partial charge in [0.2, 0.25) is 5.88 Å². The minimum atomic E-state index is -0.391. The van der Waals surface area contributed by atoms with Crippen LogP contribution in [0.25, 0.3) is 11.1 Å². The van der Waals surface area contributed by atoms with Gasteiger partial charge in [-0.15, -0.1) is 0 Å². The molecule has 1 amide bonds. The average molecular weight is 496 g/mol. The molecule has 1 aliphatic heterocycles. The van der Waals surface area contributed by atoms with E-state index in [0.717, 1.165) is 11.1 Å². The summed E-state index contributed by atoms with van der Waals surface area (Å²) >= 11 is 0. The third-order valence-corrected chi connectivity index (χ3v) is 6.56. The Bertz CT molecular complexity index is 1190. The Morgan fingerprint density at radius 1 is 1.11 bits per heavy atom. The molecule has 6 nitrogen and oxygen atoms in total. The SMILES string of the molecule is C[C@@H]1CN([C@@H](C)CO)C(=O)c2cc(-c3ccc(F)cc3)cnc2O[C@H]1CN(C)Cc1ccc(F)cc1. The van der Waals surface area contributed by atoms with Crippen LogP contribution in [0.4, 0.5) is 8.78 Å². The fraction of sp³-hybridized carbons (Fsp3) is 0.357. The lowest BCUT2D eigenvalue weighted by atomic mass is 9.99. The van der Waals surface area contributed by atoms with Crippen LogP contribution in [0.5, 0.6) is 5.88 Å². The van der Waals surface area contributed by atoms with Crippen LogP contribution in [0.15, 0.2) is 60.8 Å². The van der Waals surface area contributed by atoms with Gasteiger partial charge in [0.25, 0.3) is 5.91 Å². The molecule has 2 aromatic carbocycles. The molecule has 36 heavy (non-hydrogen) atoms. The first-order valence-corrected chi connectivity index (χ1v) is 12.0. The van der Waals surface area contributed by atoms with Crippen molar-refractivity contribution in [2.45, 2.75) is 32.5 Å². The fourth-order valence-corrected chi connectivity index (χ4v) is 4.39. The molecule has 0 radical (unpaired) electrons. The highest BCUT2D eigenvalue weighted by Crippen LogP contribution is 2.30. The quantitative estimate of drug-likeness (QED) is 0.527. The monoisotopic (exact) mass is 495 g/mol. The highest BCUT2D eigenvalue weighted by atomic mass is 19.1. The van der Waals surface area contributed by atoms with E-state index in [4.69, 9.17) is 4.74 Å². The van der Waals surface area contributed by atoms with E-state index < -0.39 is 6.04 Å². The van der Waals surface area contributed by atoms with Crippen LogP contribution in [0.1, 0.15) is 29.8 Å². The van der Waals surface area contributed by atoms with E-state index in [-0.39, 0.29) is 42.1 Å². The number of rotatable bonds is 7. The Balaban J connectivity index is 1.64. The van der Waals surface area contributed by atoms with Gasteiger partial charge in [0, 0.05) is 37.3 Å². The van der Waals surface area contributed by atoms with Gasteiger partial charge in [0.15, 0.2) is 0 Å². The third kappa shape index (κ3) is 5.88. The van der Waals surface area contributed by atoms with E-state index in [2.05, 4.69) is 9.88 Å². The second-order valence-corrected chi connectivity index (χ2v) is 9.53. The Morgan fingerprint density at radius 3 is 2.39 bits per heavy atom. The molecule has 2 heterocycles. The maximum absolute atomic E-state index is 13.6. The van der Waals surface area contributed by atoms with Crippen molar-refractivity contribution < 1.29 is 23.4 Å². The predicted molar refractivity (Wildman–Crippen MR) is 134 cm³/mol. The maximum atomic E-state index is 13.6. The summed E-state index contributed by atoms with van der Waals surface area (Å²) in [6.07, 6.45) is 1.32. The van der Waals surface area contributed by atoms with Gasteiger partial charge < -0.3 is 14.7 Å². The van der Waals surface area contributed by atoms with E-state index in [1.165, 1.54) is 24.3 Å². The number of benzene rings is 2. The Morgan fingerprint density at radius 2 is 1.75 bits per heavy atom. The molecule has 3 aromatic rings. The van der Waals surface area contributed by atoms with Gasteiger partial charge >= 0.3 is 0 Å². The number of hydrogen-bond acceptors (Lipinski definition) is 5. The zero-order valence-corrected chi connectivity index (χ0v) is 20.7. The minimum absolute atomic E-state index is 0.0506. The molecule has 4 rings (SSSR count). The van der Waals surface area contributed by atoms with Gasteiger partial charge in [-0.2, -0.15) is 0 Å². The molecule has 0 aliphatic carbocycles. The first-order valence-electron chi connectivity index (χ1n) is 12.0. The number of carbonyl (C=O) groups is 1. The topological polar surface area (TPSA) is 65.9 Å². The minimum Gasteiger partial charge on any atom is -0.472 e. The summed E-state index contributed by atoms with van der Waals surface area (Å²) in [6, 6.07) is 13.7. The smallest absolute Gasteiger partial charge is 0.259 e. The van der Waals surface area contributed by atoms with Crippen molar-refractivity contribution in [3.05, 3.63) is 83.6 Å². The van der Waals surface area contributed by atoms with Crippen LogP contribution in [0, 0.1) is 17.6 Å². The molecule has 190 valence electrons. The number of fused-ring (bicyclic) bond motifs is 1. The molecule has 3 atom stereocenters. The van der Waals surface area contributed by atoms with Crippen LogP contribution in [-0.4, -0.2) is 64.7 Å². The maximum Gasteiger partial charge on any atom is 0.259 e. The summed E-state index contributed by atoms with van der Waals surface area (Å²) in [6.45, 7) is 5.20. The van der Waals surface area contributed by atoms with Crippen molar-refractivity contribution in [3.63, 3.8) is 0 Å². The van der Waals surface area contributed by atoms with Crippen molar-refractivity contribution >= 4 is 5.91 Å². The number of nitrogens with zero attached hydrogens (tertiary/aromatic N) is 3. The number of pyridine rings is 1. The van der Waals surface area contributed by atoms with Crippen molar-refractivity contribution in [3.8, 4) is 17.0 Å². The zero-order valence-electron chi connectivity index (χ0n) is 20.7. The molecule has 1 aromatic heterocycles. The van der Waals surface area contributed by atoms with Gasteiger partial charge in [0.05, 0.1) is 12.6 Å². The Hall–Kier alpha value is -3.36. The van der Waals surface area contributed by atoms with Gasteiger partial charge in [-0.1, -0.05) is 31.2 Å². The van der Waals surface area contributed by atoms with Crippen molar-refractivity contribution in [1.29, 1.82) is 0 Å². The summed E-state index contributed by atoms with van der Waals surface area (Å²) in [5.74, 6) is -0.711. The molecule has 0 bridgehead atoms. The van der Waals surface area contributed by atoms with Crippen LogP contribution < -0.4 is 4.74 Å². The number of halogens is 2. The van der Waals surface area contributed by atoms with Gasteiger partial charge in [-0.25, -0.2) is 13.8 Å². The molecule has 0 fully saturated rings. The predicted octanol–water partition coefficient (Wildman–Crippen LogP) is 4.38. The number of likely N-dealkylation sites (N-methyl/N-ethyl adjacent to an activating group) is 1. The third-order valence-electron chi connectivity index (χ3n) is 6.56. The Kier molecular flexibility index (Phi) is 7.96. The molecular weight excluding hydrogens is 464 g/mol. The Labute approximate surface area is 210 Å². The largest absolute Gasteiger partial charge is 0.472 e. The van der Waals surface area contributed by atoms with E-state index in [1.54, 1.807) is 48.4 Å². The number of carbonyl (C=O) groups excluding carboxylic acids is 1. The molecule has 1 N–H and O–H groups in total. The number of ether oxygens (including phenoxy) is 1. The number of aliphatic hydroxyl groups excluding tert-OH is 1. The average Bonchev–Trinajstić information content (AvgIpc) is 2.87. The standard InChI is InChI=1S/C28H31F2N3O3/c1-18-14-33(19(2)17-34)28(35)25-12-22(21-6-10-24(30)11-7-21)13-31-27(25)36-26(18)16-32(3)15-20-4-8-23(29)9-5-20/h4-13,18-19,26,34H,14-17H2,1-3H3/t18-,19+,26+/m1/s1. The van der Waals surface area contributed by atoms with E-state index in [1.807, 2.05) is 14.0 Å². The molecule has 0 spiro atoms. The second-order valence-electron chi connectivity index (χ2n) is 9.53. The van der Waals surface area contributed by atoms with Crippen LogP contribution >= 0.6 is 0 Å². The van der Waals surface area contributed by atoms with E-state index >= 15 is 0 Å². The first kappa shape index (κ1) is 25.7. The molecule has 1 aliphatic rings. The number of aliphatic hydroxyl groups is 1. The first-order chi connectivity index (χ1) is 17.2. The summed E-state index contributed by atoms with van der Waals surface area (Å²) in [5.41, 5.74) is 2.67. The van der Waals surface area contributed by atoms with Crippen molar-refractivity contribution in [2.75, 3.05) is 26.7 Å². The van der Waals surface area contributed by atoms with E-state index in [0.29, 0.717) is 30.8 Å². The summed E-state index contributed by atoms with van der Waals surface area (Å²) in [5, 5.41) is 9.84. The van der Waals surface area contributed by atoms with Gasteiger partial charge in [0.1, 0.15) is 23.3 Å². The highest BCUT2D eigenvalue weighted by molar-refractivity contribution is 5.98. The fourth-order valence-electron chi connectivity index (χ4n) is 4.39. The lowest BCUT2D eigenvalue weighted by Crippen LogP contribution is -2.49. The van der Waals surface area contributed by atoms with Crippen LogP contribution in [0.2, 0.25) is 0 Å². The second kappa shape index (κ2) is 11.1. The lowest BCUT2D eigenvalue weighted by Gasteiger charge is -2.37. The van der Waals surface area contributed by atoms with Gasteiger partial charge in [-0.3, -0.25) is 9.69 Å². The van der Waals surface area contributed by atoms with Crippen LogP contribution in [0.3, 0.4) is 0 Å². The molecule has 0 unspecified atom stereocenters. The highest BCUT2D eigenvalue weighted by Gasteiger charge is 2.34.